The lowest BCUT2D eigenvalue weighted by Crippen LogP contribution is -2.61. The number of aromatic nitrogens is 1. The van der Waals surface area contributed by atoms with Gasteiger partial charge in [-0.15, -0.1) is 0 Å². The maximum atomic E-state index is 4.40. The molecule has 15 rings (SSSR count). The minimum Gasteiger partial charge on any atom is -0.334 e. The van der Waals surface area contributed by atoms with Crippen LogP contribution in [0.2, 0.25) is 0 Å². The van der Waals surface area contributed by atoms with Crippen molar-refractivity contribution in [3.63, 3.8) is 0 Å². The first-order chi connectivity index (χ1) is 38.4. The molecule has 1 saturated carbocycles. The molecule has 0 amide bonds. The highest BCUT2D eigenvalue weighted by molar-refractivity contribution is 7.00. The monoisotopic (exact) mass is 1000 g/mol. The molecule has 372 valence electrons. The predicted octanol–water partition coefficient (Wildman–Crippen LogP) is 17.2. The van der Waals surface area contributed by atoms with Crippen molar-refractivity contribution in [1.29, 1.82) is 0 Å². The molecular weight excluding hydrogens is 944 g/mol. The van der Waals surface area contributed by atoms with Crippen molar-refractivity contribution in [3.05, 3.63) is 267 Å². The molecule has 2 atom stereocenters. The molecule has 4 nitrogen and oxygen atoms in total. The number of nitrogens with zero attached hydrogens (tertiary/aromatic N) is 4. The van der Waals surface area contributed by atoms with E-state index in [1.807, 2.05) is 12.4 Å². The molecule has 10 aromatic carbocycles. The number of fused-ring (bicyclic) bond motifs is 7. The van der Waals surface area contributed by atoms with Gasteiger partial charge in [0.25, 0.3) is 6.71 Å². The first-order valence-electron chi connectivity index (χ1n) is 27.8. The van der Waals surface area contributed by atoms with Gasteiger partial charge in [-0.25, -0.2) is 0 Å². The molecule has 5 heteroatoms. The second kappa shape index (κ2) is 18.2. The Labute approximate surface area is 458 Å². The first-order valence-corrected chi connectivity index (χ1v) is 27.8. The average Bonchev–Trinajstić information content (AvgIpc) is 3.92. The van der Waals surface area contributed by atoms with Gasteiger partial charge in [0, 0.05) is 63.3 Å². The van der Waals surface area contributed by atoms with Crippen molar-refractivity contribution < 1.29 is 0 Å². The maximum Gasteiger partial charge on any atom is 0.252 e. The smallest absolute Gasteiger partial charge is 0.252 e. The lowest BCUT2D eigenvalue weighted by molar-refractivity contribution is 0.195. The van der Waals surface area contributed by atoms with E-state index in [1.54, 1.807) is 0 Å². The summed E-state index contributed by atoms with van der Waals surface area (Å²) in [5, 5.41) is 0. The largest absolute Gasteiger partial charge is 0.334 e. The van der Waals surface area contributed by atoms with E-state index >= 15 is 0 Å². The van der Waals surface area contributed by atoms with Gasteiger partial charge in [-0.3, -0.25) is 4.98 Å². The molecule has 78 heavy (non-hydrogen) atoms. The number of benzene rings is 10. The van der Waals surface area contributed by atoms with Gasteiger partial charge in [-0.1, -0.05) is 196 Å². The van der Waals surface area contributed by atoms with Crippen LogP contribution in [0.3, 0.4) is 0 Å². The summed E-state index contributed by atoms with van der Waals surface area (Å²) in [4.78, 5) is 12.4. The average molecular weight is 1000 g/mol. The fraction of sp³-hybridized carbons (Fsp3) is 0.110. The van der Waals surface area contributed by atoms with Gasteiger partial charge in [-0.05, 0) is 170 Å². The van der Waals surface area contributed by atoms with E-state index in [2.05, 4.69) is 282 Å². The van der Waals surface area contributed by atoms with Gasteiger partial charge in [0.05, 0.1) is 5.54 Å². The summed E-state index contributed by atoms with van der Waals surface area (Å²) >= 11 is 0. The van der Waals surface area contributed by atoms with Gasteiger partial charge in [0.15, 0.2) is 0 Å². The van der Waals surface area contributed by atoms with Crippen LogP contribution in [0.5, 0.6) is 0 Å². The number of rotatable bonds is 8. The van der Waals surface area contributed by atoms with Crippen LogP contribution in [0.4, 0.5) is 45.5 Å². The molecule has 3 aliphatic heterocycles. The molecule has 0 bridgehead atoms. The van der Waals surface area contributed by atoms with E-state index in [-0.39, 0.29) is 17.7 Å². The molecule has 2 unspecified atom stereocenters. The van der Waals surface area contributed by atoms with Crippen LogP contribution in [0, 0.1) is 0 Å². The summed E-state index contributed by atoms with van der Waals surface area (Å²) in [6.07, 6.45) is 8.41. The highest BCUT2D eigenvalue weighted by atomic mass is 15.3. The van der Waals surface area contributed by atoms with Crippen molar-refractivity contribution in [2.45, 2.75) is 50.5 Å². The first kappa shape index (κ1) is 46.1. The second-order valence-electron chi connectivity index (χ2n) is 22.2. The van der Waals surface area contributed by atoms with Crippen LogP contribution < -0.4 is 31.1 Å². The molecule has 0 N–H and O–H groups in total. The predicted molar refractivity (Wildman–Crippen MR) is 328 cm³/mol. The Bertz CT molecular complexity index is 3890. The quantitative estimate of drug-likeness (QED) is 0.142. The minimum absolute atomic E-state index is 0.0740. The number of anilines is 8. The summed E-state index contributed by atoms with van der Waals surface area (Å²) in [6.45, 7) is 5.05. The van der Waals surface area contributed by atoms with E-state index in [0.717, 1.165) is 24.2 Å². The van der Waals surface area contributed by atoms with Crippen molar-refractivity contribution in [1.82, 2.24) is 4.98 Å². The van der Waals surface area contributed by atoms with Crippen molar-refractivity contribution >= 4 is 68.6 Å². The van der Waals surface area contributed by atoms with E-state index in [0.29, 0.717) is 0 Å². The molecule has 1 fully saturated rings. The van der Waals surface area contributed by atoms with Gasteiger partial charge >= 0.3 is 0 Å². The SMILES string of the molecule is CC12CCCCC1(C)N(c1cc3c4c(c1)N(c1cccc(-c5ccccc5)c1)c1cc(-c5ccccc5)ccc1B4c1ccc(-c4ccccc4)cc1N3c1cccc(-c3ccccc3)c1)c1ccc(-c3ccncc3)cc12. The Morgan fingerprint density at radius 2 is 0.769 bits per heavy atom. The van der Waals surface area contributed by atoms with Gasteiger partial charge in [-0.2, -0.15) is 0 Å². The molecule has 4 heterocycles. The van der Waals surface area contributed by atoms with Gasteiger partial charge in [0.2, 0.25) is 0 Å². The zero-order valence-electron chi connectivity index (χ0n) is 44.0. The molecule has 1 aliphatic carbocycles. The van der Waals surface area contributed by atoms with Crippen molar-refractivity contribution in [2.75, 3.05) is 14.7 Å². The Hall–Kier alpha value is -9.19. The zero-order valence-corrected chi connectivity index (χ0v) is 44.0. The summed E-state index contributed by atoms with van der Waals surface area (Å²) in [6, 6.07) is 93.2. The minimum atomic E-state index is -0.221. The van der Waals surface area contributed by atoms with E-state index in [9.17, 15) is 0 Å². The third-order valence-corrected chi connectivity index (χ3v) is 18.1. The lowest BCUT2D eigenvalue weighted by atomic mass is 9.33. The molecule has 0 radical (unpaired) electrons. The van der Waals surface area contributed by atoms with Crippen molar-refractivity contribution in [3.8, 4) is 55.6 Å². The second-order valence-corrected chi connectivity index (χ2v) is 22.2. The Balaban J connectivity index is 1.05. The topological polar surface area (TPSA) is 22.6 Å². The van der Waals surface area contributed by atoms with Crippen LogP contribution in [0.15, 0.2) is 261 Å². The molecule has 1 aromatic heterocycles. The molecule has 11 aromatic rings. The summed E-state index contributed by atoms with van der Waals surface area (Å²) in [7, 11) is 0. The summed E-state index contributed by atoms with van der Waals surface area (Å²) < 4.78 is 0. The normalized spacial score (nSPS) is 17.7. The Morgan fingerprint density at radius 3 is 1.27 bits per heavy atom. The Kier molecular flexibility index (Phi) is 10.8. The highest BCUT2D eigenvalue weighted by Gasteiger charge is 2.58. The van der Waals surface area contributed by atoms with Crippen LogP contribution in [-0.4, -0.2) is 17.2 Å². The molecular formula is C73H57BN4. The van der Waals surface area contributed by atoms with Crippen LogP contribution in [0.1, 0.15) is 45.1 Å². The van der Waals surface area contributed by atoms with Gasteiger partial charge < -0.3 is 14.7 Å². The number of hydrogen-bond donors (Lipinski definition) is 0. The molecule has 0 saturated heterocycles. The third kappa shape index (κ3) is 7.25. The Morgan fingerprint density at radius 1 is 0.346 bits per heavy atom. The zero-order chi connectivity index (χ0) is 52.0. The molecule has 0 spiro atoms. The van der Waals surface area contributed by atoms with Crippen LogP contribution in [-0.2, 0) is 5.41 Å². The van der Waals surface area contributed by atoms with Crippen molar-refractivity contribution in [2.24, 2.45) is 0 Å². The standard InChI is InChI=1S/C73H57BN4/c1-72-39-15-16-40-73(72,2)78(66-36-33-57(45-63(66)72)54-37-41-75-42-38-54)62-48-69-71-70(49-62)77(61-30-18-28-56(44-61)51-21-9-4-10-22-51)68-47-59(53-25-13-6-14-26-53)32-35-65(68)74(71)64-34-31-58(52-23-11-5-12-24-52)46-67(64)76(69)60-29-17-27-55(43-60)50-19-7-3-8-20-50/h3-14,17-38,41-49H,15-16,39-40H2,1-2H3. The third-order valence-electron chi connectivity index (χ3n) is 18.1. The number of hydrogen-bond acceptors (Lipinski definition) is 4. The fourth-order valence-electron chi connectivity index (χ4n) is 14.1. The van der Waals surface area contributed by atoms with E-state index in [4.69, 9.17) is 0 Å². The molecule has 4 aliphatic rings. The fourth-order valence-corrected chi connectivity index (χ4v) is 14.1. The van der Waals surface area contributed by atoms with Crippen LogP contribution >= 0.6 is 0 Å². The van der Waals surface area contributed by atoms with E-state index in [1.165, 1.54) is 125 Å². The van der Waals surface area contributed by atoms with Gasteiger partial charge in [0.1, 0.15) is 0 Å². The summed E-state index contributed by atoms with van der Waals surface area (Å²) in [5.74, 6) is 0. The maximum absolute atomic E-state index is 4.40. The lowest BCUT2D eigenvalue weighted by Gasteiger charge is -2.51. The number of pyridine rings is 1. The highest BCUT2D eigenvalue weighted by Crippen LogP contribution is 2.62. The summed E-state index contributed by atoms with van der Waals surface area (Å²) in [5.41, 5.74) is 26.5. The van der Waals surface area contributed by atoms with E-state index < -0.39 is 0 Å². The van der Waals surface area contributed by atoms with Crippen LogP contribution in [0.25, 0.3) is 55.6 Å².